The van der Waals surface area contributed by atoms with Crippen molar-refractivity contribution in [2.45, 2.75) is 39.0 Å². The van der Waals surface area contributed by atoms with Crippen molar-refractivity contribution < 1.29 is 4.79 Å². The molecule has 0 N–H and O–H groups in total. The van der Waals surface area contributed by atoms with Crippen LogP contribution in [0.25, 0.3) is 0 Å². The lowest BCUT2D eigenvalue weighted by atomic mass is 9.37. The van der Waals surface area contributed by atoms with Crippen molar-refractivity contribution in [2.75, 3.05) is 0 Å². The van der Waals surface area contributed by atoms with Crippen molar-refractivity contribution in [3.05, 3.63) is 0 Å². The molecule has 4 bridgehead atoms. The predicted octanol–water partition coefficient (Wildman–Crippen LogP) is 2.40. The second kappa shape index (κ2) is 1.94. The number of carbonyl (C=O) groups is 1. The van der Waals surface area contributed by atoms with E-state index in [1.807, 2.05) is 0 Å². The van der Waals surface area contributed by atoms with Gasteiger partial charge in [-0.05, 0) is 36.5 Å². The van der Waals surface area contributed by atoms with E-state index in [0.717, 1.165) is 18.3 Å². The Morgan fingerprint density at radius 1 is 1.33 bits per heavy atom. The molecule has 0 radical (unpaired) electrons. The normalized spacial score (nSPS) is 56.4. The predicted molar refractivity (Wildman–Crippen MR) is 46.7 cm³/mol. The zero-order valence-corrected chi connectivity index (χ0v) is 7.68. The van der Waals surface area contributed by atoms with Gasteiger partial charge < -0.3 is 0 Å². The molecule has 3 fully saturated rings. The van der Waals surface area contributed by atoms with Gasteiger partial charge in [-0.3, -0.25) is 4.79 Å². The molecule has 0 unspecified atom stereocenters. The number of Topliss-reactive ketones (excluding diaryl/α,β-unsaturated/α-hetero) is 1. The van der Waals surface area contributed by atoms with Crippen molar-refractivity contribution in [2.24, 2.45) is 23.2 Å². The summed E-state index contributed by atoms with van der Waals surface area (Å²) >= 11 is 0. The molecule has 3 aliphatic rings. The fourth-order valence-corrected chi connectivity index (χ4v) is 4.21. The summed E-state index contributed by atoms with van der Waals surface area (Å²) in [6, 6.07) is 0. The van der Waals surface area contributed by atoms with Crippen LogP contribution < -0.4 is 0 Å². The number of hydrogen-bond acceptors (Lipinski definition) is 1. The molecule has 12 heavy (non-hydrogen) atoms. The summed E-state index contributed by atoms with van der Waals surface area (Å²) in [5.41, 5.74) is 0.594. The van der Waals surface area contributed by atoms with Gasteiger partial charge in [-0.2, -0.15) is 0 Å². The zero-order chi connectivity index (χ0) is 8.34. The van der Waals surface area contributed by atoms with E-state index >= 15 is 0 Å². The smallest absolute Gasteiger partial charge is 0.136 e. The van der Waals surface area contributed by atoms with Gasteiger partial charge in [0.15, 0.2) is 0 Å². The Labute approximate surface area is 73.5 Å². The maximum Gasteiger partial charge on any atom is 0.136 e. The van der Waals surface area contributed by atoms with Gasteiger partial charge in [0.2, 0.25) is 0 Å². The quantitative estimate of drug-likeness (QED) is 0.537. The minimum atomic E-state index is 0.512. The van der Waals surface area contributed by atoms with Crippen LogP contribution in [-0.4, -0.2) is 5.78 Å². The van der Waals surface area contributed by atoms with Crippen LogP contribution in [0.4, 0.5) is 0 Å². The highest BCUT2D eigenvalue weighted by atomic mass is 16.1. The first-order valence-corrected chi connectivity index (χ1v) is 5.26. The van der Waals surface area contributed by atoms with E-state index in [-0.39, 0.29) is 0 Å². The summed E-state index contributed by atoms with van der Waals surface area (Å²) in [4.78, 5) is 11.6. The van der Waals surface area contributed by atoms with Crippen molar-refractivity contribution in [1.29, 1.82) is 0 Å². The van der Waals surface area contributed by atoms with Crippen molar-refractivity contribution >= 4 is 5.78 Å². The van der Waals surface area contributed by atoms with Crippen molar-refractivity contribution in [3.63, 3.8) is 0 Å². The standard InChI is InChI=1S/C11H16O/c1-11-6-5-9(12)10-7(11)3-2-4-8(10)11/h7-8,10H,2-6H2,1H3/t7-,8-,10?,11?/m0/s1. The van der Waals surface area contributed by atoms with Gasteiger partial charge in [0, 0.05) is 12.3 Å². The largest absolute Gasteiger partial charge is 0.299 e. The molecule has 3 saturated carbocycles. The molecule has 1 heteroatoms. The third kappa shape index (κ3) is 0.571. The Morgan fingerprint density at radius 3 is 2.58 bits per heavy atom. The lowest BCUT2D eigenvalue weighted by Crippen LogP contribution is -2.63. The summed E-state index contributed by atoms with van der Waals surface area (Å²) in [5.74, 6) is 2.68. The lowest BCUT2D eigenvalue weighted by molar-refractivity contribution is -0.190. The van der Waals surface area contributed by atoms with Crippen LogP contribution >= 0.6 is 0 Å². The fourth-order valence-electron chi connectivity index (χ4n) is 4.21. The molecular weight excluding hydrogens is 148 g/mol. The van der Waals surface area contributed by atoms with E-state index in [1.165, 1.54) is 25.7 Å². The monoisotopic (exact) mass is 164 g/mol. The molecule has 0 aliphatic heterocycles. The first kappa shape index (κ1) is 7.11. The van der Waals surface area contributed by atoms with E-state index in [0.29, 0.717) is 17.1 Å². The van der Waals surface area contributed by atoms with Gasteiger partial charge in [0.05, 0.1) is 0 Å². The molecule has 3 rings (SSSR count). The summed E-state index contributed by atoms with van der Waals surface area (Å²) in [7, 11) is 0. The van der Waals surface area contributed by atoms with E-state index in [4.69, 9.17) is 0 Å². The van der Waals surface area contributed by atoms with Gasteiger partial charge in [-0.1, -0.05) is 13.3 Å². The first-order valence-electron chi connectivity index (χ1n) is 5.26. The summed E-state index contributed by atoms with van der Waals surface area (Å²) in [5, 5.41) is 0. The number of hydrogen-bond donors (Lipinski definition) is 0. The third-order valence-corrected chi connectivity index (χ3v) is 4.87. The van der Waals surface area contributed by atoms with Gasteiger partial charge in [-0.15, -0.1) is 0 Å². The number of ketones is 1. The minimum absolute atomic E-state index is 0.512. The third-order valence-electron chi connectivity index (χ3n) is 4.87. The van der Waals surface area contributed by atoms with Gasteiger partial charge >= 0.3 is 0 Å². The highest BCUT2D eigenvalue weighted by molar-refractivity contribution is 5.85. The molecule has 0 saturated heterocycles. The van der Waals surface area contributed by atoms with Crippen molar-refractivity contribution in [3.8, 4) is 0 Å². The maximum absolute atomic E-state index is 11.6. The number of fused-ring (bicyclic) bond motifs is 1. The van der Waals surface area contributed by atoms with Gasteiger partial charge in [0.1, 0.15) is 5.78 Å². The molecule has 66 valence electrons. The van der Waals surface area contributed by atoms with E-state index in [2.05, 4.69) is 6.92 Å². The second-order valence-corrected chi connectivity index (χ2v) is 5.14. The van der Waals surface area contributed by atoms with Crippen LogP contribution in [0, 0.1) is 23.2 Å². The molecule has 0 aromatic heterocycles. The highest BCUT2D eigenvalue weighted by Gasteiger charge is 2.64. The number of rotatable bonds is 0. The summed E-state index contributed by atoms with van der Waals surface area (Å²) in [6.07, 6.45) is 6.13. The molecule has 2 atom stereocenters. The molecule has 0 amide bonds. The van der Waals surface area contributed by atoms with Gasteiger partial charge in [-0.25, -0.2) is 0 Å². The summed E-state index contributed by atoms with van der Waals surface area (Å²) < 4.78 is 0. The van der Waals surface area contributed by atoms with Crippen LogP contribution in [0.2, 0.25) is 0 Å². The Balaban J connectivity index is 1.98. The van der Waals surface area contributed by atoms with Crippen LogP contribution in [0.3, 0.4) is 0 Å². The average molecular weight is 164 g/mol. The SMILES string of the molecule is CC12CCC(=O)C3[C@@H]1CCC[C@@H]32. The minimum Gasteiger partial charge on any atom is -0.299 e. The zero-order valence-electron chi connectivity index (χ0n) is 7.68. The molecule has 0 aromatic rings. The van der Waals surface area contributed by atoms with Crippen LogP contribution in [0.15, 0.2) is 0 Å². The Kier molecular flexibility index (Phi) is 1.15. The first-order chi connectivity index (χ1) is 5.73. The topological polar surface area (TPSA) is 17.1 Å². The Morgan fingerprint density at radius 2 is 2.00 bits per heavy atom. The molecule has 0 spiro atoms. The fraction of sp³-hybridized carbons (Fsp3) is 0.909. The van der Waals surface area contributed by atoms with Crippen LogP contribution in [0.5, 0.6) is 0 Å². The van der Waals surface area contributed by atoms with E-state index in [1.54, 1.807) is 0 Å². The van der Waals surface area contributed by atoms with Gasteiger partial charge in [0.25, 0.3) is 0 Å². The number of carbonyl (C=O) groups excluding carboxylic acids is 1. The van der Waals surface area contributed by atoms with E-state index in [9.17, 15) is 4.79 Å². The average Bonchev–Trinajstić information content (AvgIpc) is 2.11. The van der Waals surface area contributed by atoms with Crippen LogP contribution in [0.1, 0.15) is 39.0 Å². The Hall–Kier alpha value is -0.330. The molecule has 3 aliphatic carbocycles. The highest BCUT2D eigenvalue weighted by Crippen LogP contribution is 2.68. The Bertz CT molecular complexity index is 231. The van der Waals surface area contributed by atoms with E-state index < -0.39 is 0 Å². The summed E-state index contributed by atoms with van der Waals surface area (Å²) in [6.45, 7) is 2.42. The molecule has 0 aromatic carbocycles. The molecular formula is C11H16O. The second-order valence-electron chi connectivity index (χ2n) is 5.14. The van der Waals surface area contributed by atoms with Crippen molar-refractivity contribution in [1.82, 2.24) is 0 Å². The molecule has 0 heterocycles. The molecule has 1 nitrogen and oxygen atoms in total. The maximum atomic E-state index is 11.6. The van der Waals surface area contributed by atoms with Crippen LogP contribution in [-0.2, 0) is 4.79 Å². The lowest BCUT2D eigenvalue weighted by Gasteiger charge is -2.66.